The SMILES string of the molecule is Cc1cc(N)ccc1C(=O)NCc1cnn(C)c1C. The van der Waals surface area contributed by atoms with Gasteiger partial charge >= 0.3 is 0 Å². The largest absolute Gasteiger partial charge is 0.399 e. The minimum atomic E-state index is -0.0965. The maximum Gasteiger partial charge on any atom is 0.251 e. The van der Waals surface area contributed by atoms with Gasteiger partial charge < -0.3 is 11.1 Å². The van der Waals surface area contributed by atoms with Gasteiger partial charge in [0.15, 0.2) is 0 Å². The number of rotatable bonds is 3. The van der Waals surface area contributed by atoms with Gasteiger partial charge in [0, 0.05) is 36.1 Å². The molecule has 0 fully saturated rings. The van der Waals surface area contributed by atoms with Gasteiger partial charge in [-0.05, 0) is 37.6 Å². The summed E-state index contributed by atoms with van der Waals surface area (Å²) in [6.45, 7) is 4.33. The van der Waals surface area contributed by atoms with E-state index in [-0.39, 0.29) is 5.91 Å². The third-order valence-electron chi connectivity index (χ3n) is 3.27. The number of aromatic nitrogens is 2. The smallest absolute Gasteiger partial charge is 0.251 e. The molecule has 2 aromatic rings. The highest BCUT2D eigenvalue weighted by Gasteiger charge is 2.10. The van der Waals surface area contributed by atoms with Crippen LogP contribution in [0.1, 0.15) is 27.2 Å². The molecule has 1 heterocycles. The first-order valence-corrected chi connectivity index (χ1v) is 6.11. The van der Waals surface area contributed by atoms with Crippen molar-refractivity contribution in [2.75, 3.05) is 5.73 Å². The quantitative estimate of drug-likeness (QED) is 0.820. The second-order valence-corrected chi connectivity index (χ2v) is 4.64. The number of carbonyl (C=O) groups excluding carboxylic acids is 1. The van der Waals surface area contributed by atoms with Crippen molar-refractivity contribution in [1.82, 2.24) is 15.1 Å². The normalized spacial score (nSPS) is 10.5. The Balaban J connectivity index is 2.07. The first kappa shape index (κ1) is 13.1. The van der Waals surface area contributed by atoms with Crippen LogP contribution in [0.3, 0.4) is 0 Å². The highest BCUT2D eigenvalue weighted by molar-refractivity contribution is 5.95. The molecule has 100 valence electrons. The number of hydrogen-bond donors (Lipinski definition) is 2. The summed E-state index contributed by atoms with van der Waals surface area (Å²) in [7, 11) is 1.88. The molecule has 0 saturated heterocycles. The van der Waals surface area contributed by atoms with Crippen LogP contribution in [0, 0.1) is 13.8 Å². The van der Waals surface area contributed by atoms with Crippen molar-refractivity contribution in [2.45, 2.75) is 20.4 Å². The predicted molar refractivity (Wildman–Crippen MR) is 74.7 cm³/mol. The molecule has 3 N–H and O–H groups in total. The van der Waals surface area contributed by atoms with Gasteiger partial charge in [0.05, 0.1) is 6.20 Å². The number of carbonyl (C=O) groups is 1. The lowest BCUT2D eigenvalue weighted by molar-refractivity contribution is 0.0950. The fraction of sp³-hybridized carbons (Fsp3) is 0.286. The standard InChI is InChI=1S/C14H18N4O/c1-9-6-12(15)4-5-13(9)14(19)16-7-11-8-17-18(3)10(11)2/h4-6,8H,7,15H2,1-3H3,(H,16,19). The number of aryl methyl sites for hydroxylation is 2. The number of nitrogens with zero attached hydrogens (tertiary/aromatic N) is 2. The van der Waals surface area contributed by atoms with Gasteiger partial charge in [-0.1, -0.05) is 0 Å². The molecule has 1 aromatic heterocycles. The molecule has 5 nitrogen and oxygen atoms in total. The maximum atomic E-state index is 12.1. The van der Waals surface area contributed by atoms with Gasteiger partial charge in [-0.3, -0.25) is 9.48 Å². The summed E-state index contributed by atoms with van der Waals surface area (Å²) in [4.78, 5) is 12.1. The van der Waals surface area contributed by atoms with E-state index in [1.165, 1.54) is 0 Å². The van der Waals surface area contributed by atoms with E-state index in [0.29, 0.717) is 17.8 Å². The Morgan fingerprint density at radius 1 is 1.42 bits per heavy atom. The molecule has 0 saturated carbocycles. The molecular formula is C14H18N4O. The summed E-state index contributed by atoms with van der Waals surface area (Å²) < 4.78 is 1.79. The van der Waals surface area contributed by atoms with Crippen molar-refractivity contribution in [3.63, 3.8) is 0 Å². The number of nitrogens with two attached hydrogens (primary N) is 1. The Kier molecular flexibility index (Phi) is 3.55. The lowest BCUT2D eigenvalue weighted by Crippen LogP contribution is -2.23. The first-order chi connectivity index (χ1) is 8.99. The summed E-state index contributed by atoms with van der Waals surface area (Å²) in [5, 5.41) is 7.04. The van der Waals surface area contributed by atoms with Crippen LogP contribution in [-0.4, -0.2) is 15.7 Å². The lowest BCUT2D eigenvalue weighted by Gasteiger charge is -2.08. The fourth-order valence-corrected chi connectivity index (χ4v) is 1.93. The summed E-state index contributed by atoms with van der Waals surface area (Å²) in [5.41, 5.74) is 9.93. The summed E-state index contributed by atoms with van der Waals surface area (Å²) in [6, 6.07) is 5.28. The second kappa shape index (κ2) is 5.14. The minimum Gasteiger partial charge on any atom is -0.399 e. The van der Waals surface area contributed by atoms with E-state index in [0.717, 1.165) is 16.8 Å². The van der Waals surface area contributed by atoms with Crippen LogP contribution in [0.4, 0.5) is 5.69 Å². The average Bonchev–Trinajstić information content (AvgIpc) is 2.67. The first-order valence-electron chi connectivity index (χ1n) is 6.11. The van der Waals surface area contributed by atoms with Gasteiger partial charge in [0.1, 0.15) is 0 Å². The molecule has 2 rings (SSSR count). The van der Waals surface area contributed by atoms with Crippen LogP contribution in [0.2, 0.25) is 0 Å². The van der Waals surface area contributed by atoms with Gasteiger partial charge in [-0.15, -0.1) is 0 Å². The Labute approximate surface area is 112 Å². The molecule has 0 unspecified atom stereocenters. The van der Waals surface area contributed by atoms with E-state index in [4.69, 9.17) is 5.73 Å². The average molecular weight is 258 g/mol. The Bertz CT molecular complexity index is 616. The number of anilines is 1. The highest BCUT2D eigenvalue weighted by Crippen LogP contribution is 2.13. The number of nitrogen functional groups attached to an aromatic ring is 1. The molecule has 0 spiro atoms. The van der Waals surface area contributed by atoms with Crippen LogP contribution in [0.15, 0.2) is 24.4 Å². The molecule has 5 heteroatoms. The van der Waals surface area contributed by atoms with Gasteiger partial charge in [-0.25, -0.2) is 0 Å². The highest BCUT2D eigenvalue weighted by atomic mass is 16.1. The van der Waals surface area contributed by atoms with E-state index < -0.39 is 0 Å². The minimum absolute atomic E-state index is 0.0965. The Hall–Kier alpha value is -2.30. The zero-order valence-electron chi connectivity index (χ0n) is 11.4. The van der Waals surface area contributed by atoms with E-state index in [1.54, 1.807) is 29.1 Å². The Morgan fingerprint density at radius 3 is 2.74 bits per heavy atom. The number of hydrogen-bond acceptors (Lipinski definition) is 3. The third kappa shape index (κ3) is 2.76. The van der Waals surface area contributed by atoms with Crippen molar-refractivity contribution in [2.24, 2.45) is 7.05 Å². The molecule has 0 aliphatic rings. The third-order valence-corrected chi connectivity index (χ3v) is 3.27. The molecule has 1 amide bonds. The van der Waals surface area contributed by atoms with Gasteiger partial charge in [-0.2, -0.15) is 5.10 Å². The predicted octanol–water partition coefficient (Wildman–Crippen LogP) is 1.55. The molecule has 0 atom stereocenters. The molecular weight excluding hydrogens is 240 g/mol. The van der Waals surface area contributed by atoms with E-state index in [1.807, 2.05) is 20.9 Å². The summed E-state index contributed by atoms with van der Waals surface area (Å²) in [6.07, 6.45) is 1.77. The van der Waals surface area contributed by atoms with E-state index >= 15 is 0 Å². The lowest BCUT2D eigenvalue weighted by atomic mass is 10.1. The monoisotopic (exact) mass is 258 g/mol. The van der Waals surface area contributed by atoms with Crippen LogP contribution < -0.4 is 11.1 Å². The van der Waals surface area contributed by atoms with Crippen LogP contribution in [-0.2, 0) is 13.6 Å². The van der Waals surface area contributed by atoms with Gasteiger partial charge in [0.25, 0.3) is 5.91 Å². The molecule has 19 heavy (non-hydrogen) atoms. The zero-order valence-corrected chi connectivity index (χ0v) is 11.4. The van der Waals surface area contributed by atoms with E-state index in [9.17, 15) is 4.79 Å². The molecule has 0 aliphatic heterocycles. The van der Waals surface area contributed by atoms with E-state index in [2.05, 4.69) is 10.4 Å². The molecule has 1 aromatic carbocycles. The summed E-state index contributed by atoms with van der Waals surface area (Å²) in [5.74, 6) is -0.0965. The van der Waals surface area contributed by atoms with Crippen molar-refractivity contribution in [1.29, 1.82) is 0 Å². The van der Waals surface area contributed by atoms with Crippen LogP contribution in [0.5, 0.6) is 0 Å². The molecule has 0 radical (unpaired) electrons. The fourth-order valence-electron chi connectivity index (χ4n) is 1.93. The molecule has 0 aliphatic carbocycles. The number of nitrogens with one attached hydrogen (secondary N) is 1. The maximum absolute atomic E-state index is 12.1. The van der Waals surface area contributed by atoms with Crippen molar-refractivity contribution in [3.8, 4) is 0 Å². The van der Waals surface area contributed by atoms with Crippen molar-refractivity contribution >= 4 is 11.6 Å². The van der Waals surface area contributed by atoms with Gasteiger partial charge in [0.2, 0.25) is 0 Å². The second-order valence-electron chi connectivity index (χ2n) is 4.64. The zero-order chi connectivity index (χ0) is 14.0. The van der Waals surface area contributed by atoms with Crippen molar-refractivity contribution < 1.29 is 4.79 Å². The van der Waals surface area contributed by atoms with Crippen LogP contribution in [0.25, 0.3) is 0 Å². The topological polar surface area (TPSA) is 72.9 Å². The number of benzene rings is 1. The number of amides is 1. The van der Waals surface area contributed by atoms with Crippen molar-refractivity contribution in [3.05, 3.63) is 46.8 Å². The molecule has 0 bridgehead atoms. The summed E-state index contributed by atoms with van der Waals surface area (Å²) >= 11 is 0. The Morgan fingerprint density at radius 2 is 2.16 bits per heavy atom. The van der Waals surface area contributed by atoms with Crippen LogP contribution >= 0.6 is 0 Å².